The highest BCUT2D eigenvalue weighted by molar-refractivity contribution is 9.08. The smallest absolute Gasteiger partial charge is 0.414 e. The molecule has 1 amide bonds. The second kappa shape index (κ2) is 4.92. The van der Waals surface area contributed by atoms with Crippen LogP contribution in [0.4, 0.5) is 10.5 Å². The number of anilines is 1. The van der Waals surface area contributed by atoms with E-state index in [2.05, 4.69) is 22.0 Å². The van der Waals surface area contributed by atoms with E-state index in [1.807, 2.05) is 32.9 Å². The number of halogens is 1. The van der Waals surface area contributed by atoms with Gasteiger partial charge in [-0.1, -0.05) is 28.1 Å². The zero-order valence-electron chi connectivity index (χ0n) is 11.0. The van der Waals surface area contributed by atoms with Gasteiger partial charge in [-0.05, 0) is 44.4 Å². The van der Waals surface area contributed by atoms with Gasteiger partial charge in [0.2, 0.25) is 0 Å². The Kier molecular flexibility index (Phi) is 3.66. The number of carbonyl (C=O) groups excluding carboxylic acids is 1. The van der Waals surface area contributed by atoms with E-state index < -0.39 is 5.60 Å². The van der Waals surface area contributed by atoms with Gasteiger partial charge in [-0.15, -0.1) is 0 Å². The fraction of sp³-hybridized carbons (Fsp3) is 0.500. The lowest BCUT2D eigenvalue weighted by molar-refractivity contribution is 0.0584. The van der Waals surface area contributed by atoms with Crippen molar-refractivity contribution in [2.24, 2.45) is 0 Å². The maximum absolute atomic E-state index is 12.1. The summed E-state index contributed by atoms with van der Waals surface area (Å²) in [6, 6.07) is 6.06. The van der Waals surface area contributed by atoms with Gasteiger partial charge in [-0.25, -0.2) is 4.79 Å². The molecule has 98 valence electrons. The van der Waals surface area contributed by atoms with Crippen LogP contribution in [0.15, 0.2) is 18.2 Å². The third-order valence-corrected chi connectivity index (χ3v) is 3.49. The molecule has 0 bridgehead atoms. The molecule has 0 aromatic heterocycles. The van der Waals surface area contributed by atoms with Crippen LogP contribution < -0.4 is 4.90 Å². The normalized spacial score (nSPS) is 14.6. The van der Waals surface area contributed by atoms with E-state index in [1.165, 1.54) is 11.1 Å². The van der Waals surface area contributed by atoms with Crippen LogP contribution in [-0.4, -0.2) is 18.2 Å². The van der Waals surface area contributed by atoms with Crippen molar-refractivity contribution in [3.05, 3.63) is 29.3 Å². The first-order chi connectivity index (χ1) is 8.42. The summed E-state index contributed by atoms with van der Waals surface area (Å²) in [6.07, 6.45) is 0.643. The molecule has 0 radical (unpaired) electrons. The maximum Gasteiger partial charge on any atom is 0.414 e. The average Bonchev–Trinajstić information content (AvgIpc) is 2.69. The Hall–Kier alpha value is -1.03. The first kappa shape index (κ1) is 13.4. The molecule has 1 heterocycles. The fourth-order valence-corrected chi connectivity index (χ4v) is 2.66. The van der Waals surface area contributed by atoms with Gasteiger partial charge in [0.15, 0.2) is 0 Å². The number of fused-ring (bicyclic) bond motifs is 1. The van der Waals surface area contributed by atoms with E-state index >= 15 is 0 Å². The molecule has 1 aliphatic heterocycles. The molecular formula is C14H18BrNO2. The fourth-order valence-electron chi connectivity index (χ4n) is 2.14. The van der Waals surface area contributed by atoms with E-state index in [1.54, 1.807) is 4.90 Å². The Morgan fingerprint density at radius 2 is 2.17 bits per heavy atom. The number of alkyl halides is 1. The molecule has 0 saturated heterocycles. The molecule has 0 atom stereocenters. The summed E-state index contributed by atoms with van der Waals surface area (Å²) in [5.41, 5.74) is 3.03. The zero-order chi connectivity index (χ0) is 13.3. The SMILES string of the molecule is CC(C)(C)OC(=O)N1CCc2c(CBr)cccc21. The molecule has 1 aromatic carbocycles. The van der Waals surface area contributed by atoms with E-state index in [0.29, 0.717) is 6.54 Å². The van der Waals surface area contributed by atoms with Crippen molar-refractivity contribution in [1.29, 1.82) is 0 Å². The lowest BCUT2D eigenvalue weighted by atomic mass is 10.1. The molecule has 0 aliphatic carbocycles. The van der Waals surface area contributed by atoms with Gasteiger partial charge in [-0.3, -0.25) is 4.90 Å². The number of amides is 1. The highest BCUT2D eigenvalue weighted by atomic mass is 79.9. The summed E-state index contributed by atoms with van der Waals surface area (Å²) in [7, 11) is 0. The number of rotatable bonds is 1. The molecule has 1 aromatic rings. The average molecular weight is 312 g/mol. The molecule has 0 fully saturated rings. The van der Waals surface area contributed by atoms with Crippen LogP contribution in [0.3, 0.4) is 0 Å². The van der Waals surface area contributed by atoms with Crippen molar-refractivity contribution in [3.8, 4) is 0 Å². The van der Waals surface area contributed by atoms with Crippen LogP contribution in [0.25, 0.3) is 0 Å². The Morgan fingerprint density at radius 3 is 2.78 bits per heavy atom. The van der Waals surface area contributed by atoms with Crippen LogP contribution in [0.1, 0.15) is 31.9 Å². The van der Waals surface area contributed by atoms with Crippen molar-refractivity contribution in [3.63, 3.8) is 0 Å². The minimum Gasteiger partial charge on any atom is -0.443 e. The van der Waals surface area contributed by atoms with Gasteiger partial charge in [-0.2, -0.15) is 0 Å². The maximum atomic E-state index is 12.1. The first-order valence-corrected chi connectivity index (χ1v) is 7.22. The van der Waals surface area contributed by atoms with Crippen molar-refractivity contribution in [2.45, 2.75) is 38.1 Å². The van der Waals surface area contributed by atoms with Crippen molar-refractivity contribution in [1.82, 2.24) is 0 Å². The molecule has 2 rings (SSSR count). The Labute approximate surface area is 116 Å². The Morgan fingerprint density at radius 1 is 1.44 bits per heavy atom. The van der Waals surface area contributed by atoms with E-state index in [-0.39, 0.29) is 6.09 Å². The van der Waals surface area contributed by atoms with Gasteiger partial charge >= 0.3 is 6.09 Å². The lowest BCUT2D eigenvalue weighted by Crippen LogP contribution is -2.35. The van der Waals surface area contributed by atoms with Gasteiger partial charge < -0.3 is 4.74 Å². The zero-order valence-corrected chi connectivity index (χ0v) is 12.6. The number of ether oxygens (including phenoxy) is 1. The second-order valence-electron chi connectivity index (χ2n) is 5.43. The summed E-state index contributed by atoms with van der Waals surface area (Å²) < 4.78 is 5.43. The minimum atomic E-state index is -0.452. The van der Waals surface area contributed by atoms with Crippen LogP contribution >= 0.6 is 15.9 Å². The van der Waals surface area contributed by atoms with Crippen molar-refractivity contribution >= 4 is 27.7 Å². The quantitative estimate of drug-likeness (QED) is 0.737. The van der Waals surface area contributed by atoms with Crippen LogP contribution in [0, 0.1) is 0 Å². The summed E-state index contributed by atoms with van der Waals surface area (Å²) >= 11 is 3.48. The number of benzene rings is 1. The van der Waals surface area contributed by atoms with Gasteiger partial charge in [0, 0.05) is 11.9 Å². The predicted octanol–water partition coefficient (Wildman–Crippen LogP) is 3.88. The van der Waals surface area contributed by atoms with E-state index in [9.17, 15) is 4.79 Å². The third kappa shape index (κ3) is 2.69. The highest BCUT2D eigenvalue weighted by Crippen LogP contribution is 2.32. The summed E-state index contributed by atoms with van der Waals surface area (Å²) in [6.45, 7) is 6.36. The first-order valence-electron chi connectivity index (χ1n) is 6.09. The topological polar surface area (TPSA) is 29.5 Å². The molecule has 0 saturated carbocycles. The molecule has 0 unspecified atom stereocenters. The predicted molar refractivity (Wildman–Crippen MR) is 76.4 cm³/mol. The van der Waals surface area contributed by atoms with E-state index in [0.717, 1.165) is 17.4 Å². The van der Waals surface area contributed by atoms with Crippen molar-refractivity contribution in [2.75, 3.05) is 11.4 Å². The number of hydrogen-bond acceptors (Lipinski definition) is 2. The van der Waals surface area contributed by atoms with Crippen molar-refractivity contribution < 1.29 is 9.53 Å². The molecule has 18 heavy (non-hydrogen) atoms. The Balaban J connectivity index is 2.24. The summed E-state index contributed by atoms with van der Waals surface area (Å²) in [5, 5.41) is 0.818. The molecule has 0 spiro atoms. The Bertz CT molecular complexity index is 465. The monoisotopic (exact) mass is 311 g/mol. The summed E-state index contributed by atoms with van der Waals surface area (Å²) in [5.74, 6) is 0. The molecule has 3 nitrogen and oxygen atoms in total. The number of carbonyl (C=O) groups is 1. The number of hydrogen-bond donors (Lipinski definition) is 0. The molecule has 4 heteroatoms. The highest BCUT2D eigenvalue weighted by Gasteiger charge is 2.29. The molecular weight excluding hydrogens is 294 g/mol. The molecule has 0 N–H and O–H groups in total. The minimum absolute atomic E-state index is 0.257. The molecule has 1 aliphatic rings. The largest absolute Gasteiger partial charge is 0.443 e. The summed E-state index contributed by atoms with van der Waals surface area (Å²) in [4.78, 5) is 13.8. The lowest BCUT2D eigenvalue weighted by Gasteiger charge is -2.24. The van der Waals surface area contributed by atoms with Gasteiger partial charge in [0.05, 0.1) is 5.69 Å². The number of nitrogens with zero attached hydrogens (tertiary/aromatic N) is 1. The van der Waals surface area contributed by atoms with E-state index in [4.69, 9.17) is 4.74 Å². The second-order valence-corrected chi connectivity index (χ2v) is 5.99. The van der Waals surface area contributed by atoms with Gasteiger partial charge in [0.25, 0.3) is 0 Å². The third-order valence-electron chi connectivity index (χ3n) is 2.88. The standard InChI is InChI=1S/C14H18BrNO2/c1-14(2,3)18-13(17)16-8-7-11-10(9-15)5-4-6-12(11)16/h4-6H,7-9H2,1-3H3. The van der Waals surface area contributed by atoms with Crippen LogP contribution in [-0.2, 0) is 16.5 Å². The van der Waals surface area contributed by atoms with Crippen LogP contribution in [0.5, 0.6) is 0 Å². The van der Waals surface area contributed by atoms with Crippen LogP contribution in [0.2, 0.25) is 0 Å². The van der Waals surface area contributed by atoms with Gasteiger partial charge in [0.1, 0.15) is 5.60 Å².